The van der Waals surface area contributed by atoms with Gasteiger partial charge in [-0.1, -0.05) is 25.5 Å². The number of carbonyl (C=O) groups is 1. The fraction of sp³-hybridized carbons (Fsp3) is 0.538. The van der Waals surface area contributed by atoms with E-state index in [1.54, 1.807) is 6.92 Å². The molecule has 0 rings (SSSR count). The molecule has 0 aromatic carbocycles. The average Bonchev–Trinajstić information content (AvgIpc) is 2.23. The van der Waals surface area contributed by atoms with Crippen molar-refractivity contribution in [1.29, 1.82) is 0 Å². The molecule has 0 amide bonds. The van der Waals surface area contributed by atoms with Crippen molar-refractivity contribution >= 4 is 11.5 Å². The van der Waals surface area contributed by atoms with E-state index in [1.165, 1.54) is 13.0 Å². The molecule has 0 aliphatic carbocycles. The first-order chi connectivity index (χ1) is 8.18. The van der Waals surface area contributed by atoms with E-state index in [-0.39, 0.29) is 5.71 Å². The summed E-state index contributed by atoms with van der Waals surface area (Å²) in [6.07, 6.45) is -0.567. The molecular weight excluding hydrogens is 243 g/mol. The Kier molecular flexibility index (Phi) is 6.58. The second-order valence-electron chi connectivity index (χ2n) is 4.09. The number of allylic oxidation sites excluding steroid dienone is 3. The number of Topliss-reactive ketones (excluding diaryl/α,β-unsaturated/α-hetero) is 1. The summed E-state index contributed by atoms with van der Waals surface area (Å²) >= 11 is 0. The van der Waals surface area contributed by atoms with Gasteiger partial charge in [0.25, 0.3) is 0 Å². The van der Waals surface area contributed by atoms with E-state index >= 15 is 0 Å². The molecule has 0 aliphatic rings. The predicted molar refractivity (Wildman–Crippen MR) is 66.6 cm³/mol. The van der Waals surface area contributed by atoms with Crippen LogP contribution in [-0.4, -0.2) is 17.7 Å². The molecule has 0 fully saturated rings. The van der Waals surface area contributed by atoms with Gasteiger partial charge in [-0.2, -0.15) is 13.2 Å². The van der Waals surface area contributed by atoms with Gasteiger partial charge in [-0.25, -0.2) is 4.99 Å². The Hall–Kier alpha value is -1.39. The topological polar surface area (TPSA) is 29.4 Å². The van der Waals surface area contributed by atoms with E-state index in [1.807, 2.05) is 6.92 Å². The average molecular weight is 261 g/mol. The first-order valence-electron chi connectivity index (χ1n) is 5.71. The van der Waals surface area contributed by atoms with Crippen LogP contribution < -0.4 is 0 Å². The standard InChI is InChI=1S/C13H18F3NO/c1-5-6-7-9(2)8-12(10(3)18)17-11(4)13(14,15)16/h8H,4-7H2,1-3H3/b9-8-,17-12+. The molecule has 0 radical (unpaired) electrons. The number of hydrogen-bond donors (Lipinski definition) is 0. The lowest BCUT2D eigenvalue weighted by Crippen LogP contribution is -2.14. The number of alkyl halides is 3. The van der Waals surface area contributed by atoms with Crippen molar-refractivity contribution in [3.05, 3.63) is 23.9 Å². The van der Waals surface area contributed by atoms with E-state index in [4.69, 9.17) is 0 Å². The summed E-state index contributed by atoms with van der Waals surface area (Å²) in [4.78, 5) is 14.5. The molecule has 0 spiro atoms. The molecule has 0 unspecified atom stereocenters. The summed E-state index contributed by atoms with van der Waals surface area (Å²) in [6, 6.07) is 0. The van der Waals surface area contributed by atoms with Crippen molar-refractivity contribution in [2.45, 2.75) is 46.2 Å². The maximum absolute atomic E-state index is 12.3. The summed E-state index contributed by atoms with van der Waals surface area (Å²) in [5, 5.41) is 0. The van der Waals surface area contributed by atoms with Crippen LogP contribution in [0.5, 0.6) is 0 Å². The van der Waals surface area contributed by atoms with Crippen molar-refractivity contribution in [1.82, 2.24) is 0 Å². The number of carbonyl (C=O) groups excluding carboxylic acids is 1. The van der Waals surface area contributed by atoms with E-state index < -0.39 is 17.7 Å². The number of halogens is 3. The monoisotopic (exact) mass is 261 g/mol. The molecule has 0 heterocycles. The van der Waals surface area contributed by atoms with E-state index in [0.717, 1.165) is 24.8 Å². The first-order valence-corrected chi connectivity index (χ1v) is 5.71. The minimum absolute atomic E-state index is 0.203. The summed E-state index contributed by atoms with van der Waals surface area (Å²) < 4.78 is 36.8. The molecule has 0 bridgehead atoms. The highest BCUT2D eigenvalue weighted by molar-refractivity contribution is 6.43. The van der Waals surface area contributed by atoms with Crippen LogP contribution in [0.4, 0.5) is 13.2 Å². The van der Waals surface area contributed by atoms with Crippen LogP contribution in [0.25, 0.3) is 0 Å². The Labute approximate surface area is 105 Å². The minimum atomic E-state index is -4.61. The molecule has 5 heteroatoms. The van der Waals surface area contributed by atoms with Crippen molar-refractivity contribution < 1.29 is 18.0 Å². The molecule has 0 N–H and O–H groups in total. The second-order valence-corrected chi connectivity index (χ2v) is 4.09. The Morgan fingerprint density at radius 3 is 2.28 bits per heavy atom. The largest absolute Gasteiger partial charge is 0.432 e. The maximum Gasteiger partial charge on any atom is 0.432 e. The van der Waals surface area contributed by atoms with Gasteiger partial charge in [0.05, 0.1) is 0 Å². The van der Waals surface area contributed by atoms with Gasteiger partial charge in [-0.3, -0.25) is 4.79 Å². The number of nitrogens with zero attached hydrogens (tertiary/aromatic N) is 1. The van der Waals surface area contributed by atoms with Gasteiger partial charge in [0.2, 0.25) is 0 Å². The van der Waals surface area contributed by atoms with Crippen LogP contribution in [0.2, 0.25) is 0 Å². The smallest absolute Gasteiger partial charge is 0.293 e. The molecule has 0 aromatic heterocycles. The van der Waals surface area contributed by atoms with Gasteiger partial charge in [0.15, 0.2) is 5.78 Å². The maximum atomic E-state index is 12.3. The first kappa shape index (κ1) is 16.6. The predicted octanol–water partition coefficient (Wildman–Crippen LogP) is 4.23. The zero-order valence-electron chi connectivity index (χ0n) is 10.9. The number of unbranched alkanes of at least 4 members (excludes halogenated alkanes) is 1. The van der Waals surface area contributed by atoms with Crippen molar-refractivity contribution in [3.63, 3.8) is 0 Å². The zero-order valence-corrected chi connectivity index (χ0v) is 10.9. The van der Waals surface area contributed by atoms with Crippen molar-refractivity contribution in [2.24, 2.45) is 4.99 Å². The highest BCUT2D eigenvalue weighted by Crippen LogP contribution is 2.25. The zero-order chi connectivity index (χ0) is 14.3. The van der Waals surface area contributed by atoms with Gasteiger partial charge in [-0.05, 0) is 25.8 Å². The SMILES string of the molecule is C=C(/N=C(\C=C(\C)CCCC)C(C)=O)C(F)(F)F. The molecule has 0 saturated carbocycles. The summed E-state index contributed by atoms with van der Waals surface area (Å²) in [7, 11) is 0. The molecule has 0 atom stereocenters. The Morgan fingerprint density at radius 1 is 1.33 bits per heavy atom. The molecule has 0 aliphatic heterocycles. The third-order valence-electron chi connectivity index (χ3n) is 2.25. The third kappa shape index (κ3) is 6.37. The lowest BCUT2D eigenvalue weighted by molar-refractivity contribution is -0.111. The quantitative estimate of drug-likeness (QED) is 0.658. The minimum Gasteiger partial charge on any atom is -0.293 e. The third-order valence-corrected chi connectivity index (χ3v) is 2.25. The highest BCUT2D eigenvalue weighted by atomic mass is 19.4. The van der Waals surface area contributed by atoms with Gasteiger partial charge in [-0.15, -0.1) is 0 Å². The van der Waals surface area contributed by atoms with E-state index in [9.17, 15) is 18.0 Å². The summed E-state index contributed by atoms with van der Waals surface area (Å²) in [6.45, 7) is 7.79. The van der Waals surface area contributed by atoms with Gasteiger partial charge >= 0.3 is 6.18 Å². The second kappa shape index (κ2) is 7.13. The Balaban J connectivity index is 5.05. The normalized spacial score (nSPS) is 13.7. The number of aliphatic imine (C=N–C) groups is 1. The fourth-order valence-electron chi connectivity index (χ4n) is 1.18. The molecular formula is C13H18F3NO. The van der Waals surface area contributed by atoms with Gasteiger partial charge in [0.1, 0.15) is 11.4 Å². The van der Waals surface area contributed by atoms with Crippen LogP contribution in [-0.2, 0) is 4.79 Å². The van der Waals surface area contributed by atoms with Crippen molar-refractivity contribution in [3.8, 4) is 0 Å². The van der Waals surface area contributed by atoms with Crippen LogP contribution in [0.1, 0.15) is 40.0 Å². The van der Waals surface area contributed by atoms with Gasteiger partial charge in [0, 0.05) is 6.92 Å². The van der Waals surface area contributed by atoms with E-state index in [0.29, 0.717) is 0 Å². The Bertz CT molecular complexity index is 378. The molecule has 0 saturated heterocycles. The van der Waals surface area contributed by atoms with Crippen LogP contribution in [0.3, 0.4) is 0 Å². The van der Waals surface area contributed by atoms with E-state index in [2.05, 4.69) is 11.6 Å². The van der Waals surface area contributed by atoms with Crippen LogP contribution in [0.15, 0.2) is 28.9 Å². The Morgan fingerprint density at radius 2 is 1.89 bits per heavy atom. The lowest BCUT2D eigenvalue weighted by atomic mass is 10.1. The molecule has 2 nitrogen and oxygen atoms in total. The summed E-state index contributed by atoms with van der Waals surface area (Å²) in [5.74, 6) is -0.503. The fourth-order valence-corrected chi connectivity index (χ4v) is 1.18. The van der Waals surface area contributed by atoms with Crippen molar-refractivity contribution in [2.75, 3.05) is 0 Å². The van der Waals surface area contributed by atoms with Crippen LogP contribution >= 0.6 is 0 Å². The number of rotatable bonds is 6. The van der Waals surface area contributed by atoms with Crippen LogP contribution in [0, 0.1) is 0 Å². The molecule has 102 valence electrons. The van der Waals surface area contributed by atoms with Gasteiger partial charge < -0.3 is 0 Å². The number of hydrogen-bond acceptors (Lipinski definition) is 2. The highest BCUT2D eigenvalue weighted by Gasteiger charge is 2.32. The molecule has 0 aromatic rings. The summed E-state index contributed by atoms with van der Waals surface area (Å²) in [5.41, 5.74) is -0.626. The number of ketones is 1. The lowest BCUT2D eigenvalue weighted by Gasteiger charge is -2.06. The molecule has 18 heavy (non-hydrogen) atoms.